The number of methoxy groups -OCH3 is 2. The lowest BCUT2D eigenvalue weighted by Crippen LogP contribution is -3.11. The molecule has 5 heteroatoms. The van der Waals surface area contributed by atoms with Crippen molar-refractivity contribution in [1.29, 1.82) is 0 Å². The first-order valence-corrected chi connectivity index (χ1v) is 8.38. The Morgan fingerprint density at radius 2 is 2.13 bits per heavy atom. The number of hydrogen-bond donors (Lipinski definition) is 2. The van der Waals surface area contributed by atoms with Crippen LogP contribution in [0, 0.1) is 5.92 Å². The van der Waals surface area contributed by atoms with Gasteiger partial charge in [-0.2, -0.15) is 0 Å². The molecule has 0 bridgehead atoms. The van der Waals surface area contributed by atoms with E-state index in [0.29, 0.717) is 18.5 Å². The molecule has 2 N–H and O–H groups in total. The third-order valence-corrected chi connectivity index (χ3v) is 4.39. The van der Waals surface area contributed by atoms with E-state index in [9.17, 15) is 4.79 Å². The van der Waals surface area contributed by atoms with E-state index in [1.807, 2.05) is 12.1 Å². The second kappa shape index (κ2) is 8.20. The fourth-order valence-electron chi connectivity index (χ4n) is 3.19. The normalized spacial score (nSPS) is 20.6. The Morgan fingerprint density at radius 3 is 2.78 bits per heavy atom. The molecule has 1 saturated heterocycles. The number of ether oxygens (including phenoxy) is 2. The van der Waals surface area contributed by atoms with Crippen molar-refractivity contribution in [3.63, 3.8) is 0 Å². The average Bonchev–Trinajstić information content (AvgIpc) is 3.00. The molecule has 1 aliphatic heterocycles. The summed E-state index contributed by atoms with van der Waals surface area (Å²) in [7, 11) is 3.34. The number of carbonyl (C=O) groups is 1. The van der Waals surface area contributed by atoms with Gasteiger partial charge in [0.15, 0.2) is 6.54 Å². The van der Waals surface area contributed by atoms with Gasteiger partial charge in [-0.25, -0.2) is 0 Å². The van der Waals surface area contributed by atoms with Crippen LogP contribution in [0.25, 0.3) is 0 Å². The quantitative estimate of drug-likeness (QED) is 0.793. The Bertz CT molecular complexity index is 531. The highest BCUT2D eigenvalue weighted by Crippen LogP contribution is 2.31. The molecule has 128 valence electrons. The van der Waals surface area contributed by atoms with Crippen LogP contribution in [0.3, 0.4) is 0 Å². The van der Waals surface area contributed by atoms with Crippen LogP contribution in [0.15, 0.2) is 18.2 Å². The second-order valence-corrected chi connectivity index (χ2v) is 6.59. The summed E-state index contributed by atoms with van der Waals surface area (Å²) in [4.78, 5) is 13.5. The van der Waals surface area contributed by atoms with Crippen LogP contribution in [0.5, 0.6) is 11.5 Å². The number of carbonyl (C=O) groups excluding carboxylic acids is 1. The summed E-state index contributed by atoms with van der Waals surface area (Å²) < 4.78 is 10.8. The van der Waals surface area contributed by atoms with Gasteiger partial charge in [-0.05, 0) is 18.1 Å². The second-order valence-electron chi connectivity index (χ2n) is 6.59. The van der Waals surface area contributed by atoms with Gasteiger partial charge in [-0.15, -0.1) is 0 Å². The van der Waals surface area contributed by atoms with Gasteiger partial charge in [0, 0.05) is 25.5 Å². The Balaban J connectivity index is 2.08. The summed E-state index contributed by atoms with van der Waals surface area (Å²) in [6.07, 6.45) is 2.21. The summed E-state index contributed by atoms with van der Waals surface area (Å²) in [6.45, 7) is 6.49. The van der Waals surface area contributed by atoms with Crippen molar-refractivity contribution in [3.8, 4) is 11.5 Å². The topological polar surface area (TPSA) is 52.0 Å². The minimum Gasteiger partial charge on any atom is -0.497 e. The van der Waals surface area contributed by atoms with E-state index in [4.69, 9.17) is 9.47 Å². The van der Waals surface area contributed by atoms with Gasteiger partial charge in [0.2, 0.25) is 0 Å². The highest BCUT2D eigenvalue weighted by atomic mass is 16.5. The molecule has 1 aliphatic rings. The van der Waals surface area contributed by atoms with E-state index in [1.54, 1.807) is 14.2 Å². The standard InChI is InChI=1S/C18H28N2O3/c1-13(2)11-19-18(21)12-20-9-5-6-16(20)15-8-7-14(22-3)10-17(15)23-4/h7-8,10,13,16H,5-6,9,11-12H2,1-4H3,(H,19,21)/p+1/t16-/m1/s1. The van der Waals surface area contributed by atoms with E-state index in [0.717, 1.165) is 43.0 Å². The van der Waals surface area contributed by atoms with Crippen LogP contribution >= 0.6 is 0 Å². The largest absolute Gasteiger partial charge is 0.497 e. The maximum atomic E-state index is 12.2. The zero-order chi connectivity index (χ0) is 16.8. The lowest BCUT2D eigenvalue weighted by molar-refractivity contribution is -0.910. The number of likely N-dealkylation sites (tertiary alicyclic amines) is 1. The molecule has 0 spiro atoms. The van der Waals surface area contributed by atoms with Crippen molar-refractivity contribution in [2.24, 2.45) is 5.92 Å². The number of nitrogens with one attached hydrogen (secondary N) is 2. The minimum absolute atomic E-state index is 0.132. The molecular weight excluding hydrogens is 292 g/mol. The first-order valence-electron chi connectivity index (χ1n) is 8.38. The summed E-state index contributed by atoms with van der Waals surface area (Å²) in [5, 5.41) is 3.02. The molecule has 2 atom stereocenters. The first kappa shape index (κ1) is 17.6. The van der Waals surface area contributed by atoms with Gasteiger partial charge in [-0.1, -0.05) is 13.8 Å². The Morgan fingerprint density at radius 1 is 1.35 bits per heavy atom. The maximum absolute atomic E-state index is 12.2. The van der Waals surface area contributed by atoms with Crippen molar-refractivity contribution < 1.29 is 19.2 Å². The number of amides is 1. The van der Waals surface area contributed by atoms with E-state index in [2.05, 4.69) is 25.2 Å². The smallest absolute Gasteiger partial charge is 0.275 e. The molecule has 1 unspecified atom stereocenters. The van der Waals surface area contributed by atoms with Crippen molar-refractivity contribution in [1.82, 2.24) is 5.32 Å². The van der Waals surface area contributed by atoms with Crippen LogP contribution in [-0.4, -0.2) is 39.8 Å². The van der Waals surface area contributed by atoms with Crippen LogP contribution < -0.4 is 19.7 Å². The van der Waals surface area contributed by atoms with Crippen molar-refractivity contribution in [3.05, 3.63) is 23.8 Å². The predicted molar refractivity (Wildman–Crippen MR) is 90.1 cm³/mol. The van der Waals surface area contributed by atoms with Crippen LogP contribution in [-0.2, 0) is 4.79 Å². The molecule has 1 fully saturated rings. The fourth-order valence-corrected chi connectivity index (χ4v) is 3.19. The molecular formula is C18H29N2O3+. The third kappa shape index (κ3) is 4.61. The number of hydrogen-bond acceptors (Lipinski definition) is 3. The summed E-state index contributed by atoms with van der Waals surface area (Å²) in [5.74, 6) is 2.24. The van der Waals surface area contributed by atoms with Gasteiger partial charge in [0.1, 0.15) is 17.5 Å². The van der Waals surface area contributed by atoms with Crippen molar-refractivity contribution in [2.75, 3.05) is 33.9 Å². The lowest BCUT2D eigenvalue weighted by Gasteiger charge is -2.23. The molecule has 0 aromatic heterocycles. The summed E-state index contributed by atoms with van der Waals surface area (Å²) >= 11 is 0. The molecule has 23 heavy (non-hydrogen) atoms. The van der Waals surface area contributed by atoms with Crippen LogP contribution in [0.2, 0.25) is 0 Å². The molecule has 0 saturated carbocycles. The van der Waals surface area contributed by atoms with Gasteiger partial charge in [0.05, 0.1) is 26.3 Å². The zero-order valence-corrected chi connectivity index (χ0v) is 14.6. The van der Waals surface area contributed by atoms with E-state index in [1.165, 1.54) is 4.90 Å². The van der Waals surface area contributed by atoms with Crippen LogP contribution in [0.4, 0.5) is 0 Å². The number of quaternary nitrogens is 1. The Kier molecular flexibility index (Phi) is 6.28. The van der Waals surface area contributed by atoms with Crippen molar-refractivity contribution in [2.45, 2.75) is 32.7 Å². The first-order chi connectivity index (χ1) is 11.0. The molecule has 5 nitrogen and oxygen atoms in total. The lowest BCUT2D eigenvalue weighted by atomic mass is 10.0. The van der Waals surface area contributed by atoms with E-state index < -0.39 is 0 Å². The SMILES string of the molecule is COc1ccc([C@H]2CCC[NH+]2CC(=O)NCC(C)C)c(OC)c1. The average molecular weight is 321 g/mol. The number of benzene rings is 1. The zero-order valence-electron chi connectivity index (χ0n) is 14.6. The molecule has 1 aromatic carbocycles. The molecule has 1 amide bonds. The fraction of sp³-hybridized carbons (Fsp3) is 0.611. The van der Waals surface area contributed by atoms with E-state index >= 15 is 0 Å². The monoisotopic (exact) mass is 321 g/mol. The predicted octanol–water partition coefficient (Wildman–Crippen LogP) is 1.20. The Hall–Kier alpha value is -1.75. The molecule has 2 rings (SSSR count). The molecule has 0 radical (unpaired) electrons. The third-order valence-electron chi connectivity index (χ3n) is 4.39. The molecule has 0 aliphatic carbocycles. The van der Waals surface area contributed by atoms with E-state index in [-0.39, 0.29) is 5.91 Å². The minimum atomic E-state index is 0.132. The molecule has 1 aromatic rings. The van der Waals surface area contributed by atoms with Crippen molar-refractivity contribution >= 4 is 5.91 Å². The van der Waals surface area contributed by atoms with Gasteiger partial charge >= 0.3 is 0 Å². The maximum Gasteiger partial charge on any atom is 0.275 e. The highest BCUT2D eigenvalue weighted by molar-refractivity contribution is 5.76. The van der Waals surface area contributed by atoms with Gasteiger partial charge in [0.25, 0.3) is 5.91 Å². The van der Waals surface area contributed by atoms with Gasteiger partial charge in [-0.3, -0.25) is 4.79 Å². The summed E-state index contributed by atoms with van der Waals surface area (Å²) in [6, 6.07) is 6.26. The summed E-state index contributed by atoms with van der Waals surface area (Å²) in [5.41, 5.74) is 1.16. The van der Waals surface area contributed by atoms with Crippen LogP contribution in [0.1, 0.15) is 38.3 Å². The van der Waals surface area contributed by atoms with Gasteiger partial charge < -0.3 is 19.7 Å². The molecule has 1 heterocycles. The Labute approximate surface area is 139 Å². The number of rotatable bonds is 7. The highest BCUT2D eigenvalue weighted by Gasteiger charge is 2.33.